The van der Waals surface area contributed by atoms with Gasteiger partial charge in [-0.1, -0.05) is 18.2 Å². The average Bonchev–Trinajstić information content (AvgIpc) is 3.16. The van der Waals surface area contributed by atoms with Gasteiger partial charge in [0.15, 0.2) is 6.61 Å². The normalized spacial score (nSPS) is 10.3. The quantitative estimate of drug-likeness (QED) is 0.687. The number of nitrogens with one attached hydrogen (secondary N) is 1. The summed E-state index contributed by atoms with van der Waals surface area (Å²) in [6.45, 7) is -0.108. The maximum atomic E-state index is 12.1. The summed E-state index contributed by atoms with van der Waals surface area (Å²) in [5, 5.41) is 2.81. The van der Waals surface area contributed by atoms with Crippen molar-refractivity contribution in [2.24, 2.45) is 5.73 Å². The standard InChI is InChI=1S/C20H19N3O3/c21-19(24)12-15-6-8-18(9-7-15)26-14-20(25)22-16-4-3-5-17(13-16)23-10-1-2-11-23/h1-11,13H,12,14H2,(H2,21,24)(H,22,25). The second-order valence-electron chi connectivity index (χ2n) is 5.76. The van der Waals surface area contributed by atoms with Crippen molar-refractivity contribution in [3.63, 3.8) is 0 Å². The Morgan fingerprint density at radius 3 is 2.42 bits per heavy atom. The lowest BCUT2D eigenvalue weighted by molar-refractivity contribution is -0.118. The molecule has 0 radical (unpaired) electrons. The summed E-state index contributed by atoms with van der Waals surface area (Å²) in [5.74, 6) is -0.0921. The summed E-state index contributed by atoms with van der Waals surface area (Å²) in [5.41, 5.74) is 7.61. The van der Waals surface area contributed by atoms with E-state index in [0.29, 0.717) is 11.4 Å². The van der Waals surface area contributed by atoms with Crippen molar-refractivity contribution in [1.29, 1.82) is 0 Å². The van der Waals surface area contributed by atoms with Gasteiger partial charge in [0.05, 0.1) is 6.42 Å². The highest BCUT2D eigenvalue weighted by Gasteiger charge is 2.06. The number of benzene rings is 2. The van der Waals surface area contributed by atoms with E-state index >= 15 is 0 Å². The number of ether oxygens (including phenoxy) is 1. The first-order chi connectivity index (χ1) is 12.6. The Labute approximate surface area is 151 Å². The van der Waals surface area contributed by atoms with Crippen LogP contribution in [-0.4, -0.2) is 23.0 Å². The van der Waals surface area contributed by atoms with Crippen LogP contribution in [0.25, 0.3) is 5.69 Å². The molecule has 0 saturated heterocycles. The molecule has 3 aromatic rings. The molecule has 0 unspecified atom stereocenters. The van der Waals surface area contributed by atoms with Crippen LogP contribution in [0.3, 0.4) is 0 Å². The van der Waals surface area contributed by atoms with Crippen LogP contribution >= 0.6 is 0 Å². The summed E-state index contributed by atoms with van der Waals surface area (Å²) in [6.07, 6.45) is 4.05. The smallest absolute Gasteiger partial charge is 0.262 e. The molecule has 1 heterocycles. The second-order valence-corrected chi connectivity index (χ2v) is 5.76. The number of nitrogens with two attached hydrogens (primary N) is 1. The first-order valence-corrected chi connectivity index (χ1v) is 8.13. The predicted octanol–water partition coefficient (Wildman–Crippen LogP) is 2.52. The fourth-order valence-corrected chi connectivity index (χ4v) is 2.50. The second kappa shape index (κ2) is 8.02. The molecule has 0 fully saturated rings. The number of hydrogen-bond acceptors (Lipinski definition) is 3. The van der Waals surface area contributed by atoms with E-state index in [-0.39, 0.29) is 24.8 Å². The van der Waals surface area contributed by atoms with Crippen LogP contribution in [0, 0.1) is 0 Å². The van der Waals surface area contributed by atoms with E-state index in [1.807, 2.05) is 53.4 Å². The summed E-state index contributed by atoms with van der Waals surface area (Å²) in [4.78, 5) is 23.0. The molecule has 0 aliphatic carbocycles. The van der Waals surface area contributed by atoms with E-state index in [4.69, 9.17) is 10.5 Å². The number of aromatic nitrogens is 1. The SMILES string of the molecule is NC(=O)Cc1ccc(OCC(=O)Nc2cccc(-n3cccc3)c2)cc1. The largest absolute Gasteiger partial charge is 0.484 e. The minimum Gasteiger partial charge on any atom is -0.484 e. The van der Waals surface area contributed by atoms with Crippen LogP contribution in [0.15, 0.2) is 73.1 Å². The van der Waals surface area contributed by atoms with Gasteiger partial charge in [0.1, 0.15) is 5.75 Å². The van der Waals surface area contributed by atoms with Gasteiger partial charge < -0.3 is 20.4 Å². The fraction of sp³-hybridized carbons (Fsp3) is 0.100. The molecular weight excluding hydrogens is 330 g/mol. The van der Waals surface area contributed by atoms with Gasteiger partial charge in [-0.25, -0.2) is 0 Å². The maximum Gasteiger partial charge on any atom is 0.262 e. The first-order valence-electron chi connectivity index (χ1n) is 8.13. The highest BCUT2D eigenvalue weighted by Crippen LogP contribution is 2.16. The molecule has 3 N–H and O–H groups in total. The lowest BCUT2D eigenvalue weighted by Crippen LogP contribution is -2.20. The molecule has 6 heteroatoms. The van der Waals surface area contributed by atoms with Gasteiger partial charge in [0, 0.05) is 23.8 Å². The van der Waals surface area contributed by atoms with Gasteiger partial charge in [0.2, 0.25) is 5.91 Å². The molecule has 0 aliphatic rings. The Bertz CT molecular complexity index is 887. The number of rotatable bonds is 7. The Hall–Kier alpha value is -3.54. The number of anilines is 1. The van der Waals surface area contributed by atoms with E-state index in [1.165, 1.54) is 0 Å². The van der Waals surface area contributed by atoms with Crippen LogP contribution < -0.4 is 15.8 Å². The molecule has 0 atom stereocenters. The van der Waals surface area contributed by atoms with Crippen molar-refractivity contribution in [3.8, 4) is 11.4 Å². The van der Waals surface area contributed by atoms with E-state index in [9.17, 15) is 9.59 Å². The van der Waals surface area contributed by atoms with E-state index in [0.717, 1.165) is 11.3 Å². The zero-order valence-electron chi connectivity index (χ0n) is 14.1. The Kier molecular flexibility index (Phi) is 5.34. The molecular formula is C20H19N3O3. The summed E-state index contributed by atoms with van der Waals surface area (Å²) >= 11 is 0. The molecule has 2 aromatic carbocycles. The highest BCUT2D eigenvalue weighted by molar-refractivity contribution is 5.92. The molecule has 0 saturated carbocycles. The number of carbonyl (C=O) groups is 2. The lowest BCUT2D eigenvalue weighted by Gasteiger charge is -2.10. The number of carbonyl (C=O) groups excluding carboxylic acids is 2. The molecule has 0 spiro atoms. The van der Waals surface area contributed by atoms with Crippen LogP contribution in [0.5, 0.6) is 5.75 Å². The summed E-state index contributed by atoms with van der Waals surface area (Å²) in [7, 11) is 0. The average molecular weight is 349 g/mol. The molecule has 6 nitrogen and oxygen atoms in total. The van der Waals surface area contributed by atoms with Gasteiger partial charge in [-0.05, 0) is 48.0 Å². The highest BCUT2D eigenvalue weighted by atomic mass is 16.5. The van der Waals surface area contributed by atoms with E-state index in [2.05, 4.69) is 5.32 Å². The Morgan fingerprint density at radius 2 is 1.73 bits per heavy atom. The van der Waals surface area contributed by atoms with Gasteiger partial charge in [-0.15, -0.1) is 0 Å². The number of primary amides is 1. The van der Waals surface area contributed by atoms with E-state index < -0.39 is 0 Å². The van der Waals surface area contributed by atoms with Crippen molar-refractivity contribution in [3.05, 3.63) is 78.6 Å². The number of amides is 2. The van der Waals surface area contributed by atoms with Gasteiger partial charge >= 0.3 is 0 Å². The van der Waals surface area contributed by atoms with Crippen molar-refractivity contribution in [2.45, 2.75) is 6.42 Å². The lowest BCUT2D eigenvalue weighted by atomic mass is 10.1. The minimum absolute atomic E-state index is 0.108. The van der Waals surface area contributed by atoms with Crippen molar-refractivity contribution in [1.82, 2.24) is 4.57 Å². The third-order valence-corrected chi connectivity index (χ3v) is 3.70. The van der Waals surface area contributed by atoms with Gasteiger partial charge in [0.25, 0.3) is 5.91 Å². The van der Waals surface area contributed by atoms with Crippen LogP contribution in [0.4, 0.5) is 5.69 Å². The molecule has 1 aromatic heterocycles. The van der Waals surface area contributed by atoms with Crippen LogP contribution in [0.1, 0.15) is 5.56 Å². The van der Waals surface area contributed by atoms with E-state index in [1.54, 1.807) is 24.3 Å². The van der Waals surface area contributed by atoms with Crippen molar-refractivity contribution >= 4 is 17.5 Å². The van der Waals surface area contributed by atoms with Crippen molar-refractivity contribution < 1.29 is 14.3 Å². The summed E-state index contributed by atoms with van der Waals surface area (Å²) < 4.78 is 7.43. The minimum atomic E-state index is -0.389. The fourth-order valence-electron chi connectivity index (χ4n) is 2.50. The molecule has 0 aliphatic heterocycles. The van der Waals surface area contributed by atoms with Gasteiger partial charge in [-0.3, -0.25) is 9.59 Å². The van der Waals surface area contributed by atoms with Crippen LogP contribution in [-0.2, 0) is 16.0 Å². The molecule has 26 heavy (non-hydrogen) atoms. The Morgan fingerprint density at radius 1 is 1.00 bits per heavy atom. The summed E-state index contributed by atoms with van der Waals surface area (Å²) in [6, 6.07) is 18.3. The zero-order valence-corrected chi connectivity index (χ0v) is 14.1. The third-order valence-electron chi connectivity index (χ3n) is 3.70. The molecule has 2 amide bonds. The Balaban J connectivity index is 1.54. The number of hydrogen-bond donors (Lipinski definition) is 2. The molecule has 3 rings (SSSR count). The van der Waals surface area contributed by atoms with Gasteiger partial charge in [-0.2, -0.15) is 0 Å². The predicted molar refractivity (Wildman–Crippen MR) is 99.2 cm³/mol. The number of nitrogens with zero attached hydrogens (tertiary/aromatic N) is 1. The molecule has 0 bridgehead atoms. The topological polar surface area (TPSA) is 86.4 Å². The van der Waals surface area contributed by atoms with Crippen LogP contribution in [0.2, 0.25) is 0 Å². The third kappa shape index (κ3) is 4.73. The van der Waals surface area contributed by atoms with Crippen molar-refractivity contribution in [2.75, 3.05) is 11.9 Å². The zero-order chi connectivity index (χ0) is 18.4. The molecule has 132 valence electrons. The monoisotopic (exact) mass is 349 g/mol. The maximum absolute atomic E-state index is 12.1. The first kappa shape index (κ1) is 17.3.